The minimum absolute atomic E-state index is 0.219. The van der Waals surface area contributed by atoms with E-state index in [1.807, 2.05) is 4.90 Å². The Hall–Kier alpha value is -0.650. The highest BCUT2D eigenvalue weighted by Gasteiger charge is 2.24. The average Bonchev–Trinajstić information content (AvgIpc) is 2.45. The molecule has 19 heavy (non-hydrogen) atoms. The van der Waals surface area contributed by atoms with Crippen LogP contribution < -0.4 is 5.73 Å². The van der Waals surface area contributed by atoms with Gasteiger partial charge in [0.1, 0.15) is 0 Å². The predicted molar refractivity (Wildman–Crippen MR) is 77.0 cm³/mol. The molecule has 1 saturated heterocycles. The number of hydrogen-bond donors (Lipinski definition) is 1. The number of hydrogen-bond acceptors (Lipinski definition) is 4. The van der Waals surface area contributed by atoms with Crippen LogP contribution in [-0.4, -0.2) is 67.7 Å². The quantitative estimate of drug-likeness (QED) is 0.660. The van der Waals surface area contributed by atoms with Crippen molar-refractivity contribution in [2.45, 2.75) is 39.2 Å². The second-order valence-corrected chi connectivity index (χ2v) is 5.08. The van der Waals surface area contributed by atoms with Crippen LogP contribution in [0.5, 0.6) is 0 Å². The maximum Gasteiger partial charge on any atom is 0.224 e. The zero-order valence-corrected chi connectivity index (χ0v) is 12.4. The molecule has 1 rings (SSSR count). The third-order valence-electron chi connectivity index (χ3n) is 3.74. The zero-order chi connectivity index (χ0) is 14.1. The summed E-state index contributed by atoms with van der Waals surface area (Å²) in [5.74, 6) is 0.219. The van der Waals surface area contributed by atoms with E-state index in [0.717, 1.165) is 45.6 Å². The van der Waals surface area contributed by atoms with Crippen molar-refractivity contribution in [2.24, 2.45) is 5.73 Å². The molecule has 0 aliphatic carbocycles. The van der Waals surface area contributed by atoms with Crippen LogP contribution in [0, 0.1) is 0 Å². The summed E-state index contributed by atoms with van der Waals surface area (Å²) in [6.45, 7) is 9.77. The van der Waals surface area contributed by atoms with E-state index in [-0.39, 0.29) is 5.91 Å². The summed E-state index contributed by atoms with van der Waals surface area (Å²) in [6, 6.07) is 0.463. The second-order valence-electron chi connectivity index (χ2n) is 5.08. The summed E-state index contributed by atoms with van der Waals surface area (Å²) in [4.78, 5) is 16.3. The van der Waals surface area contributed by atoms with Gasteiger partial charge in [-0.2, -0.15) is 0 Å². The first-order chi connectivity index (χ1) is 9.22. The van der Waals surface area contributed by atoms with Crippen molar-refractivity contribution in [1.29, 1.82) is 0 Å². The molecule has 1 aliphatic rings. The van der Waals surface area contributed by atoms with Crippen molar-refractivity contribution in [3.05, 3.63) is 0 Å². The minimum Gasteiger partial charge on any atom is -0.381 e. The van der Waals surface area contributed by atoms with Crippen LogP contribution >= 0.6 is 0 Å². The zero-order valence-electron chi connectivity index (χ0n) is 12.4. The van der Waals surface area contributed by atoms with Crippen LogP contribution in [0.3, 0.4) is 0 Å². The highest BCUT2D eigenvalue weighted by Crippen LogP contribution is 2.09. The van der Waals surface area contributed by atoms with Gasteiger partial charge in [-0.05, 0) is 12.8 Å². The maximum absolute atomic E-state index is 12.0. The molecule has 1 heterocycles. The molecule has 0 saturated carbocycles. The van der Waals surface area contributed by atoms with Crippen molar-refractivity contribution in [1.82, 2.24) is 9.80 Å². The minimum atomic E-state index is 0.219. The number of ether oxygens (including phenoxy) is 1. The van der Waals surface area contributed by atoms with Crippen molar-refractivity contribution in [2.75, 3.05) is 45.9 Å². The van der Waals surface area contributed by atoms with E-state index in [1.54, 1.807) is 0 Å². The smallest absolute Gasteiger partial charge is 0.224 e. The molecule has 0 bridgehead atoms. The Morgan fingerprint density at radius 2 is 1.89 bits per heavy atom. The molecule has 0 aromatic heterocycles. The van der Waals surface area contributed by atoms with Gasteiger partial charge in [-0.3, -0.25) is 9.69 Å². The van der Waals surface area contributed by atoms with E-state index in [9.17, 15) is 4.79 Å². The Balaban J connectivity index is 2.23. The van der Waals surface area contributed by atoms with Gasteiger partial charge in [-0.15, -0.1) is 0 Å². The van der Waals surface area contributed by atoms with Crippen LogP contribution in [0.4, 0.5) is 0 Å². The molecular formula is C14H29N3O2. The van der Waals surface area contributed by atoms with Crippen LogP contribution in [0.15, 0.2) is 0 Å². The molecule has 1 amide bonds. The van der Waals surface area contributed by atoms with Crippen LogP contribution in [0.1, 0.15) is 33.1 Å². The van der Waals surface area contributed by atoms with E-state index >= 15 is 0 Å². The highest BCUT2D eigenvalue weighted by atomic mass is 16.5. The first-order valence-corrected chi connectivity index (χ1v) is 7.52. The van der Waals surface area contributed by atoms with E-state index < -0.39 is 0 Å². The molecular weight excluding hydrogens is 242 g/mol. The number of piperazine rings is 1. The Bertz CT molecular complexity index is 249. The lowest BCUT2D eigenvalue weighted by atomic mass is 10.1. The van der Waals surface area contributed by atoms with Gasteiger partial charge in [0.15, 0.2) is 0 Å². The van der Waals surface area contributed by atoms with Gasteiger partial charge in [0.25, 0.3) is 0 Å². The summed E-state index contributed by atoms with van der Waals surface area (Å²) >= 11 is 0. The molecule has 1 unspecified atom stereocenters. The van der Waals surface area contributed by atoms with Crippen molar-refractivity contribution < 1.29 is 9.53 Å². The van der Waals surface area contributed by atoms with E-state index in [2.05, 4.69) is 18.7 Å². The number of carbonyl (C=O) groups is 1. The Labute approximate surface area is 117 Å². The molecule has 112 valence electrons. The van der Waals surface area contributed by atoms with Crippen molar-refractivity contribution in [3.63, 3.8) is 0 Å². The fourth-order valence-electron chi connectivity index (χ4n) is 2.47. The number of nitrogens with zero attached hydrogens (tertiary/aromatic N) is 2. The van der Waals surface area contributed by atoms with Gasteiger partial charge in [-0.25, -0.2) is 0 Å². The van der Waals surface area contributed by atoms with Crippen molar-refractivity contribution >= 4 is 5.91 Å². The Kier molecular flexibility index (Phi) is 8.02. The number of nitrogens with two attached hydrogens (primary N) is 1. The van der Waals surface area contributed by atoms with Gasteiger partial charge in [0, 0.05) is 45.4 Å². The van der Waals surface area contributed by atoms with E-state index in [1.165, 1.54) is 0 Å². The molecule has 2 N–H and O–H groups in total. The van der Waals surface area contributed by atoms with Crippen LogP contribution in [0.25, 0.3) is 0 Å². The first-order valence-electron chi connectivity index (χ1n) is 7.52. The van der Waals surface area contributed by atoms with E-state index in [4.69, 9.17) is 10.5 Å². The first kappa shape index (κ1) is 16.4. The SMILES string of the molecule is CCCOCCC(=O)N1CCN(C(CC)CN)CC1. The number of amides is 1. The molecule has 0 aromatic carbocycles. The van der Waals surface area contributed by atoms with Gasteiger partial charge in [0.2, 0.25) is 5.91 Å². The van der Waals surface area contributed by atoms with Crippen LogP contribution in [-0.2, 0) is 9.53 Å². The normalized spacial score (nSPS) is 18.6. The molecule has 0 spiro atoms. The molecule has 5 heteroatoms. The fraction of sp³-hybridized carbons (Fsp3) is 0.929. The lowest BCUT2D eigenvalue weighted by Crippen LogP contribution is -2.53. The standard InChI is InChI=1S/C14H29N3O2/c1-3-10-19-11-5-14(18)17-8-6-16(7-9-17)13(4-2)12-15/h13H,3-12,15H2,1-2H3. The maximum atomic E-state index is 12.0. The second kappa shape index (κ2) is 9.28. The Morgan fingerprint density at radius 3 is 2.42 bits per heavy atom. The summed E-state index contributed by atoms with van der Waals surface area (Å²) in [6.07, 6.45) is 2.59. The molecule has 0 aromatic rings. The summed E-state index contributed by atoms with van der Waals surface area (Å²) < 4.78 is 5.36. The fourth-order valence-corrected chi connectivity index (χ4v) is 2.47. The number of rotatable bonds is 8. The van der Waals surface area contributed by atoms with E-state index in [0.29, 0.717) is 25.6 Å². The van der Waals surface area contributed by atoms with Gasteiger partial charge >= 0.3 is 0 Å². The van der Waals surface area contributed by atoms with Crippen LogP contribution in [0.2, 0.25) is 0 Å². The number of carbonyl (C=O) groups excluding carboxylic acids is 1. The van der Waals surface area contributed by atoms with Crippen molar-refractivity contribution in [3.8, 4) is 0 Å². The molecule has 1 fully saturated rings. The Morgan fingerprint density at radius 1 is 1.21 bits per heavy atom. The lowest BCUT2D eigenvalue weighted by Gasteiger charge is -2.38. The largest absolute Gasteiger partial charge is 0.381 e. The lowest BCUT2D eigenvalue weighted by molar-refractivity contribution is -0.134. The topological polar surface area (TPSA) is 58.8 Å². The molecule has 0 radical (unpaired) electrons. The summed E-state index contributed by atoms with van der Waals surface area (Å²) in [7, 11) is 0. The average molecular weight is 271 g/mol. The third-order valence-corrected chi connectivity index (χ3v) is 3.74. The van der Waals surface area contributed by atoms with Gasteiger partial charge in [-0.1, -0.05) is 13.8 Å². The molecule has 1 aliphatic heterocycles. The molecule has 5 nitrogen and oxygen atoms in total. The van der Waals surface area contributed by atoms with Gasteiger partial charge in [0.05, 0.1) is 13.0 Å². The van der Waals surface area contributed by atoms with Gasteiger partial charge < -0.3 is 15.4 Å². The summed E-state index contributed by atoms with van der Waals surface area (Å²) in [5, 5.41) is 0. The highest BCUT2D eigenvalue weighted by molar-refractivity contribution is 5.76. The predicted octanol–water partition coefficient (Wildman–Crippen LogP) is 0.685. The molecule has 1 atom stereocenters. The monoisotopic (exact) mass is 271 g/mol. The summed E-state index contributed by atoms with van der Waals surface area (Å²) in [5.41, 5.74) is 5.76. The third kappa shape index (κ3) is 5.47.